The van der Waals surface area contributed by atoms with Crippen LogP contribution in [-0.2, 0) is 6.54 Å². The molecule has 140 valence electrons. The zero-order valence-corrected chi connectivity index (χ0v) is 15.4. The van der Waals surface area contributed by atoms with Gasteiger partial charge in [0.25, 0.3) is 5.56 Å². The van der Waals surface area contributed by atoms with E-state index in [2.05, 4.69) is 16.0 Å². The summed E-state index contributed by atoms with van der Waals surface area (Å²) < 4.78 is 16.4. The largest absolute Gasteiger partial charge is 0.285 e. The third-order valence-corrected chi connectivity index (χ3v) is 5.07. The van der Waals surface area contributed by atoms with Crippen LogP contribution in [0.15, 0.2) is 90.0 Å². The molecule has 0 aliphatic carbocycles. The predicted molar refractivity (Wildman–Crippen MR) is 112 cm³/mol. The highest BCUT2D eigenvalue weighted by Crippen LogP contribution is 2.26. The number of halogens is 1. The third-order valence-electron chi connectivity index (χ3n) is 5.07. The second-order valence-electron chi connectivity index (χ2n) is 6.90. The Hall–Kier alpha value is -3.86. The van der Waals surface area contributed by atoms with Gasteiger partial charge < -0.3 is 0 Å². The van der Waals surface area contributed by atoms with Crippen LogP contribution in [-0.4, -0.2) is 14.5 Å². The van der Waals surface area contributed by atoms with Crippen LogP contribution < -0.4 is 5.56 Å². The topological polar surface area (TPSA) is 47.8 Å². The molecule has 0 radical (unpaired) electrons. The van der Waals surface area contributed by atoms with Crippen LogP contribution in [0.4, 0.5) is 4.39 Å². The maximum Gasteiger partial charge on any atom is 0.270 e. The van der Waals surface area contributed by atoms with E-state index in [-0.39, 0.29) is 17.9 Å². The summed E-state index contributed by atoms with van der Waals surface area (Å²) in [6.07, 6.45) is 2.84. The van der Waals surface area contributed by atoms with E-state index in [1.54, 1.807) is 24.4 Å². The van der Waals surface area contributed by atoms with Crippen molar-refractivity contribution in [1.82, 2.24) is 14.5 Å². The van der Waals surface area contributed by atoms with Crippen LogP contribution in [0.3, 0.4) is 0 Å². The quantitative estimate of drug-likeness (QED) is 0.451. The van der Waals surface area contributed by atoms with Crippen molar-refractivity contribution in [2.75, 3.05) is 0 Å². The minimum absolute atomic E-state index is 0.0959. The lowest BCUT2D eigenvalue weighted by Crippen LogP contribution is -2.22. The normalized spacial score (nSPS) is 11.2. The Kier molecular flexibility index (Phi) is 4.13. The van der Waals surface area contributed by atoms with E-state index in [1.165, 1.54) is 16.8 Å². The third kappa shape index (κ3) is 3.17. The maximum absolute atomic E-state index is 14.9. The van der Waals surface area contributed by atoms with E-state index in [9.17, 15) is 9.18 Å². The summed E-state index contributed by atoms with van der Waals surface area (Å²) in [5.41, 5.74) is 2.90. The highest BCUT2D eigenvalue weighted by molar-refractivity contribution is 5.87. The van der Waals surface area contributed by atoms with Gasteiger partial charge in [-0.25, -0.2) is 14.4 Å². The molecule has 0 saturated carbocycles. The summed E-state index contributed by atoms with van der Waals surface area (Å²) in [6, 6.07) is 22.8. The van der Waals surface area contributed by atoms with Crippen LogP contribution >= 0.6 is 0 Å². The van der Waals surface area contributed by atoms with Gasteiger partial charge in [0.05, 0.1) is 12.7 Å². The number of benzene rings is 3. The van der Waals surface area contributed by atoms with Crippen molar-refractivity contribution in [3.63, 3.8) is 0 Å². The Labute approximate surface area is 165 Å². The first-order chi connectivity index (χ1) is 14.2. The average Bonchev–Trinajstić information content (AvgIpc) is 2.76. The van der Waals surface area contributed by atoms with Crippen LogP contribution in [0.2, 0.25) is 0 Å². The SMILES string of the molecule is O=c1cnc2cccnc2n1Cc1ccc(-c2ccc3ccccc3c2)cc1F. The smallest absolute Gasteiger partial charge is 0.270 e. The van der Waals surface area contributed by atoms with E-state index in [4.69, 9.17) is 0 Å². The van der Waals surface area contributed by atoms with Crippen molar-refractivity contribution >= 4 is 21.9 Å². The molecule has 0 fully saturated rings. The van der Waals surface area contributed by atoms with Gasteiger partial charge in [0.2, 0.25) is 0 Å². The molecule has 0 saturated heterocycles. The lowest BCUT2D eigenvalue weighted by molar-refractivity contribution is 0.599. The number of nitrogens with zero attached hydrogens (tertiary/aromatic N) is 3. The van der Waals surface area contributed by atoms with Crippen molar-refractivity contribution in [1.29, 1.82) is 0 Å². The lowest BCUT2D eigenvalue weighted by atomic mass is 10.00. The van der Waals surface area contributed by atoms with Gasteiger partial charge >= 0.3 is 0 Å². The molecular formula is C24H16FN3O. The van der Waals surface area contributed by atoms with E-state index in [0.29, 0.717) is 16.7 Å². The Morgan fingerprint density at radius 2 is 1.62 bits per heavy atom. The summed E-state index contributed by atoms with van der Waals surface area (Å²) in [4.78, 5) is 20.6. The minimum Gasteiger partial charge on any atom is -0.285 e. The molecule has 5 heteroatoms. The molecule has 5 rings (SSSR count). The van der Waals surface area contributed by atoms with Crippen molar-refractivity contribution < 1.29 is 4.39 Å². The number of pyridine rings is 1. The Morgan fingerprint density at radius 1 is 0.828 bits per heavy atom. The number of aromatic nitrogens is 3. The van der Waals surface area contributed by atoms with Gasteiger partial charge in [-0.2, -0.15) is 0 Å². The summed E-state index contributed by atoms with van der Waals surface area (Å²) in [7, 11) is 0. The van der Waals surface area contributed by atoms with Crippen LogP contribution in [0.25, 0.3) is 33.1 Å². The van der Waals surface area contributed by atoms with E-state index >= 15 is 0 Å². The van der Waals surface area contributed by atoms with Crippen LogP contribution in [0.1, 0.15) is 5.56 Å². The number of rotatable bonds is 3. The fourth-order valence-electron chi connectivity index (χ4n) is 3.54. The van der Waals surface area contributed by atoms with Gasteiger partial charge in [-0.05, 0) is 46.2 Å². The first kappa shape index (κ1) is 17.3. The first-order valence-corrected chi connectivity index (χ1v) is 9.27. The monoisotopic (exact) mass is 381 g/mol. The van der Waals surface area contributed by atoms with Crippen LogP contribution in [0.5, 0.6) is 0 Å². The molecule has 0 N–H and O–H groups in total. The maximum atomic E-state index is 14.9. The standard InChI is InChI=1S/C24H16FN3O/c25-21-13-19(18-8-7-16-4-1-2-5-17(16)12-18)9-10-20(21)15-28-23(29)14-27-22-6-3-11-26-24(22)28/h1-14H,15H2. The second-order valence-corrected chi connectivity index (χ2v) is 6.90. The molecule has 0 unspecified atom stereocenters. The summed E-state index contributed by atoms with van der Waals surface area (Å²) in [5, 5.41) is 2.25. The molecule has 2 aromatic heterocycles. The fourth-order valence-corrected chi connectivity index (χ4v) is 3.54. The van der Waals surface area contributed by atoms with Gasteiger partial charge in [-0.3, -0.25) is 9.36 Å². The van der Waals surface area contributed by atoms with Crippen molar-refractivity contribution in [3.05, 3.63) is 107 Å². The highest BCUT2D eigenvalue weighted by atomic mass is 19.1. The number of hydrogen-bond donors (Lipinski definition) is 0. The summed E-state index contributed by atoms with van der Waals surface area (Å²) in [6.45, 7) is 0.0959. The van der Waals surface area contributed by atoms with Gasteiger partial charge in [0.1, 0.15) is 11.3 Å². The second kappa shape index (κ2) is 6.95. The molecule has 0 aliphatic rings. The molecule has 5 aromatic rings. The Morgan fingerprint density at radius 3 is 2.48 bits per heavy atom. The summed E-state index contributed by atoms with van der Waals surface area (Å²) >= 11 is 0. The van der Waals surface area contributed by atoms with Crippen molar-refractivity contribution in [3.8, 4) is 11.1 Å². The molecule has 2 heterocycles. The van der Waals surface area contributed by atoms with Gasteiger partial charge in [0.15, 0.2) is 5.65 Å². The number of fused-ring (bicyclic) bond motifs is 2. The van der Waals surface area contributed by atoms with E-state index in [1.807, 2.05) is 42.5 Å². The molecule has 0 spiro atoms. The predicted octanol–water partition coefficient (Wildman–Crippen LogP) is 4.80. The molecule has 29 heavy (non-hydrogen) atoms. The van der Waals surface area contributed by atoms with Gasteiger partial charge in [0, 0.05) is 11.8 Å². The van der Waals surface area contributed by atoms with Crippen molar-refractivity contribution in [2.24, 2.45) is 0 Å². The lowest BCUT2D eigenvalue weighted by Gasteiger charge is -2.11. The average molecular weight is 381 g/mol. The Bertz CT molecular complexity index is 1430. The van der Waals surface area contributed by atoms with E-state index in [0.717, 1.165) is 21.9 Å². The number of hydrogen-bond acceptors (Lipinski definition) is 3. The zero-order chi connectivity index (χ0) is 19.8. The molecule has 3 aromatic carbocycles. The fraction of sp³-hybridized carbons (Fsp3) is 0.0417. The molecule has 0 amide bonds. The minimum atomic E-state index is -0.358. The molecule has 0 atom stereocenters. The van der Waals surface area contributed by atoms with Crippen molar-refractivity contribution in [2.45, 2.75) is 6.54 Å². The van der Waals surface area contributed by atoms with Gasteiger partial charge in [-0.15, -0.1) is 0 Å². The zero-order valence-electron chi connectivity index (χ0n) is 15.4. The van der Waals surface area contributed by atoms with Crippen LogP contribution in [0, 0.1) is 5.82 Å². The Balaban J connectivity index is 1.53. The molecule has 0 aliphatic heterocycles. The molecule has 4 nitrogen and oxygen atoms in total. The van der Waals surface area contributed by atoms with Gasteiger partial charge in [-0.1, -0.05) is 48.5 Å². The van der Waals surface area contributed by atoms with E-state index < -0.39 is 0 Å². The summed E-state index contributed by atoms with van der Waals surface area (Å²) in [5.74, 6) is -0.358. The first-order valence-electron chi connectivity index (χ1n) is 9.27. The highest BCUT2D eigenvalue weighted by Gasteiger charge is 2.11. The molecular weight excluding hydrogens is 365 g/mol. The molecule has 0 bridgehead atoms.